The number of imidazole rings is 1. The molecule has 0 amide bonds. The first-order valence-electron chi connectivity index (χ1n) is 11.4. The molecule has 0 spiro atoms. The molecule has 4 aromatic rings. The predicted molar refractivity (Wildman–Crippen MR) is 129 cm³/mol. The third kappa shape index (κ3) is 4.18. The first-order chi connectivity index (χ1) is 17.3. The molecule has 1 aromatic carbocycles. The molecular formula is C24H23F3N8O. The van der Waals surface area contributed by atoms with E-state index in [0.717, 1.165) is 4.68 Å². The van der Waals surface area contributed by atoms with Gasteiger partial charge in [0.2, 0.25) is 0 Å². The number of nitrogens with one attached hydrogen (secondary N) is 3. The van der Waals surface area contributed by atoms with Gasteiger partial charge in [0, 0.05) is 0 Å². The fraction of sp³-hybridized carbons (Fsp3) is 0.292. The quantitative estimate of drug-likeness (QED) is 0.376. The minimum Gasteiger partial charge on any atom is -0.358 e. The number of nitrogens with zero attached hydrogens (tertiary/aromatic N) is 5. The molecule has 0 saturated heterocycles. The summed E-state index contributed by atoms with van der Waals surface area (Å²) in [5, 5.41) is 2.86. The molecule has 36 heavy (non-hydrogen) atoms. The van der Waals surface area contributed by atoms with Gasteiger partial charge in [0.15, 0.2) is 17.3 Å². The van der Waals surface area contributed by atoms with Crippen molar-refractivity contribution in [1.82, 2.24) is 29.6 Å². The summed E-state index contributed by atoms with van der Waals surface area (Å²) in [5.74, 6) is -0.204. The largest absolute Gasteiger partial charge is 0.413 e. The number of alkyl halides is 3. The maximum Gasteiger partial charge on any atom is 0.413 e. The van der Waals surface area contributed by atoms with Crippen LogP contribution < -0.4 is 26.9 Å². The number of halogens is 3. The SMILES string of the molecule is CC[C@H](Nc1ncnc2nc[nH]c12)c1nc2c(c(=O)n1Nc1ccccc1)=C(C(F)(F)F)C(C)CC=2. The van der Waals surface area contributed by atoms with Crippen molar-refractivity contribution in [3.05, 3.63) is 69.7 Å². The third-order valence-corrected chi connectivity index (χ3v) is 6.14. The van der Waals surface area contributed by atoms with Crippen molar-refractivity contribution in [2.24, 2.45) is 5.92 Å². The molecule has 3 heterocycles. The molecule has 0 bridgehead atoms. The summed E-state index contributed by atoms with van der Waals surface area (Å²) in [4.78, 5) is 33.8. The molecule has 0 fully saturated rings. The Balaban J connectivity index is 1.74. The van der Waals surface area contributed by atoms with Gasteiger partial charge in [0.05, 0.1) is 34.2 Å². The van der Waals surface area contributed by atoms with Crippen LogP contribution in [0.1, 0.15) is 38.6 Å². The number of aromatic amines is 1. The number of benzene rings is 1. The summed E-state index contributed by atoms with van der Waals surface area (Å²) in [6.07, 6.45) is 0.360. The van der Waals surface area contributed by atoms with Gasteiger partial charge in [-0.15, -0.1) is 0 Å². The predicted octanol–water partition coefficient (Wildman–Crippen LogP) is 2.88. The molecule has 186 valence electrons. The first-order valence-corrected chi connectivity index (χ1v) is 11.4. The lowest BCUT2D eigenvalue weighted by Gasteiger charge is -2.25. The Kier molecular flexibility index (Phi) is 5.94. The Bertz CT molecular complexity index is 1590. The van der Waals surface area contributed by atoms with Gasteiger partial charge in [-0.05, 0) is 30.9 Å². The molecule has 1 unspecified atom stereocenters. The molecule has 0 aliphatic heterocycles. The number of rotatable bonds is 6. The maximum absolute atomic E-state index is 14.1. The van der Waals surface area contributed by atoms with Gasteiger partial charge in [0.1, 0.15) is 11.8 Å². The van der Waals surface area contributed by atoms with E-state index in [1.54, 1.807) is 36.4 Å². The summed E-state index contributed by atoms with van der Waals surface area (Å²) in [7, 11) is 0. The highest BCUT2D eigenvalue weighted by atomic mass is 19.4. The molecule has 3 N–H and O–H groups in total. The van der Waals surface area contributed by atoms with Crippen LogP contribution in [0, 0.1) is 5.92 Å². The molecular weight excluding hydrogens is 473 g/mol. The van der Waals surface area contributed by atoms with Gasteiger partial charge >= 0.3 is 6.18 Å². The fourth-order valence-corrected chi connectivity index (χ4v) is 4.40. The summed E-state index contributed by atoms with van der Waals surface area (Å²) < 4.78 is 43.3. The van der Waals surface area contributed by atoms with Crippen molar-refractivity contribution in [1.29, 1.82) is 0 Å². The van der Waals surface area contributed by atoms with Crippen molar-refractivity contribution in [2.75, 3.05) is 10.7 Å². The van der Waals surface area contributed by atoms with E-state index < -0.39 is 34.5 Å². The van der Waals surface area contributed by atoms with Gasteiger partial charge in [-0.3, -0.25) is 10.2 Å². The van der Waals surface area contributed by atoms with Crippen LogP contribution in [0.5, 0.6) is 0 Å². The molecule has 1 aliphatic carbocycles. The van der Waals surface area contributed by atoms with Crippen molar-refractivity contribution in [2.45, 2.75) is 38.9 Å². The van der Waals surface area contributed by atoms with Crippen LogP contribution in [0.4, 0.5) is 24.7 Å². The normalized spacial score (nSPS) is 16.4. The monoisotopic (exact) mass is 496 g/mol. The van der Waals surface area contributed by atoms with Crippen LogP contribution in [0.15, 0.2) is 47.8 Å². The topological polar surface area (TPSA) is 113 Å². The lowest BCUT2D eigenvalue weighted by Crippen LogP contribution is -2.55. The summed E-state index contributed by atoms with van der Waals surface area (Å²) in [5.41, 5.74) is 2.83. The van der Waals surface area contributed by atoms with Gasteiger partial charge in [-0.25, -0.2) is 24.6 Å². The Morgan fingerprint density at radius 3 is 2.69 bits per heavy atom. The van der Waals surface area contributed by atoms with Gasteiger partial charge < -0.3 is 10.3 Å². The maximum atomic E-state index is 14.1. The number of H-pyrrole nitrogens is 1. The number of aromatic nitrogens is 6. The Morgan fingerprint density at radius 1 is 1.19 bits per heavy atom. The highest BCUT2D eigenvalue weighted by Gasteiger charge is 2.40. The van der Waals surface area contributed by atoms with E-state index in [1.165, 1.54) is 19.6 Å². The van der Waals surface area contributed by atoms with E-state index in [1.807, 2.05) is 6.92 Å². The zero-order valence-electron chi connectivity index (χ0n) is 19.5. The van der Waals surface area contributed by atoms with Crippen LogP contribution in [0.25, 0.3) is 22.8 Å². The lowest BCUT2D eigenvalue weighted by molar-refractivity contribution is -0.0757. The van der Waals surface area contributed by atoms with Crippen LogP contribution in [-0.4, -0.2) is 35.8 Å². The number of hydrogen-bond donors (Lipinski definition) is 3. The highest BCUT2D eigenvalue weighted by molar-refractivity contribution is 5.82. The Labute approximate surface area is 202 Å². The minimum atomic E-state index is -4.66. The second kappa shape index (κ2) is 9.10. The summed E-state index contributed by atoms with van der Waals surface area (Å²) in [6, 6.07) is 8.16. The van der Waals surface area contributed by atoms with Gasteiger partial charge in [-0.2, -0.15) is 13.2 Å². The number of fused-ring (bicyclic) bond motifs is 2. The van der Waals surface area contributed by atoms with Gasteiger partial charge in [0.25, 0.3) is 5.56 Å². The third-order valence-electron chi connectivity index (χ3n) is 6.14. The summed E-state index contributed by atoms with van der Waals surface area (Å²) >= 11 is 0. The summed E-state index contributed by atoms with van der Waals surface area (Å²) in [6.45, 7) is 3.34. The van der Waals surface area contributed by atoms with Crippen molar-refractivity contribution >= 4 is 34.3 Å². The standard InChI is InChI=1S/C24H23F3N8O/c1-3-15(32-21-19-20(29-11-28-19)30-12-31-21)22-33-16-10-9-13(2)18(24(25,26)27)17(16)23(36)35(22)34-14-7-5-4-6-8-14/h4-8,10-13,15,34H,3,9H2,1-2H3,(H2,28,29,30,31,32)/t13?,15-/m0/s1. The molecule has 5 rings (SSSR count). The molecule has 9 nitrogen and oxygen atoms in total. The number of hydrogen-bond acceptors (Lipinski definition) is 7. The molecule has 0 saturated carbocycles. The van der Waals surface area contributed by atoms with E-state index in [0.29, 0.717) is 29.1 Å². The smallest absolute Gasteiger partial charge is 0.358 e. The van der Waals surface area contributed by atoms with Crippen molar-refractivity contribution in [3.8, 4) is 0 Å². The Hall–Kier alpha value is -4.22. The number of para-hydroxylation sites is 1. The van der Waals surface area contributed by atoms with E-state index in [9.17, 15) is 18.0 Å². The molecule has 2 atom stereocenters. The molecule has 12 heteroatoms. The average molecular weight is 496 g/mol. The second-order valence-corrected chi connectivity index (χ2v) is 8.53. The first kappa shape index (κ1) is 23.5. The van der Waals surface area contributed by atoms with E-state index >= 15 is 0 Å². The van der Waals surface area contributed by atoms with Crippen molar-refractivity contribution in [3.63, 3.8) is 0 Å². The highest BCUT2D eigenvalue weighted by Crippen LogP contribution is 2.34. The minimum absolute atomic E-state index is 0.0289. The van der Waals surface area contributed by atoms with Crippen LogP contribution in [0.3, 0.4) is 0 Å². The van der Waals surface area contributed by atoms with Crippen LogP contribution in [0.2, 0.25) is 0 Å². The second-order valence-electron chi connectivity index (χ2n) is 8.53. The fourth-order valence-electron chi connectivity index (χ4n) is 4.40. The number of anilines is 2. The zero-order valence-corrected chi connectivity index (χ0v) is 19.5. The molecule has 3 aromatic heterocycles. The molecule has 0 radical (unpaired) electrons. The van der Waals surface area contributed by atoms with Crippen molar-refractivity contribution < 1.29 is 13.2 Å². The molecule has 1 aliphatic rings. The lowest BCUT2D eigenvalue weighted by atomic mass is 9.91. The van der Waals surface area contributed by atoms with E-state index in [2.05, 4.69) is 35.7 Å². The van der Waals surface area contributed by atoms with Gasteiger partial charge in [-0.1, -0.05) is 38.1 Å². The Morgan fingerprint density at radius 2 is 1.97 bits per heavy atom. The van der Waals surface area contributed by atoms with E-state index in [4.69, 9.17) is 0 Å². The zero-order chi connectivity index (χ0) is 25.4. The van der Waals surface area contributed by atoms with Crippen LogP contribution >= 0.6 is 0 Å². The van der Waals surface area contributed by atoms with E-state index in [-0.39, 0.29) is 17.6 Å². The van der Waals surface area contributed by atoms with Crippen LogP contribution in [-0.2, 0) is 0 Å². The average Bonchev–Trinajstić information content (AvgIpc) is 3.34.